The van der Waals surface area contributed by atoms with Crippen LogP contribution >= 0.6 is 0 Å². The van der Waals surface area contributed by atoms with E-state index in [1.165, 1.54) is 116 Å². The summed E-state index contributed by atoms with van der Waals surface area (Å²) in [7, 11) is 0. The number of carbonyl (C=O) groups is 2. The standard InChI is InChI=1S/C52H96O15/c1-3-5-7-9-11-13-15-17-19-21-22-24-26-28-30-32-34-43(54)62-37-40(65-44(55)35-33-31-29-27-25-23-20-18-16-14-12-10-8-6-4-2)38-63-51-50(61)48(59)46(57)42(67-51)39-64-52-49(60)47(58)45(56)41(36-53)66-52/h18,20,40-42,45-53,56-61H,3-17,19,21-39H2,1-2H3/b20-18-. The molecule has 0 bridgehead atoms. The normalized spacial score (nSPS) is 26.0. The summed E-state index contributed by atoms with van der Waals surface area (Å²) in [6, 6.07) is 0. The van der Waals surface area contributed by atoms with Gasteiger partial charge in [-0.05, 0) is 38.5 Å². The van der Waals surface area contributed by atoms with E-state index in [0.29, 0.717) is 12.8 Å². The van der Waals surface area contributed by atoms with Gasteiger partial charge in [0.1, 0.15) is 55.4 Å². The number of aliphatic hydroxyl groups excluding tert-OH is 7. The van der Waals surface area contributed by atoms with E-state index in [9.17, 15) is 45.3 Å². The first-order chi connectivity index (χ1) is 32.5. The molecule has 7 N–H and O–H groups in total. The Kier molecular flexibility index (Phi) is 36.5. The lowest BCUT2D eigenvalue weighted by Gasteiger charge is -2.42. The van der Waals surface area contributed by atoms with Crippen molar-refractivity contribution in [2.75, 3.05) is 26.4 Å². The molecule has 0 aliphatic carbocycles. The topological polar surface area (TPSA) is 231 Å². The zero-order valence-electron chi connectivity index (χ0n) is 41.7. The average molecular weight is 961 g/mol. The quantitative estimate of drug-likeness (QED) is 0.0176. The first-order valence-corrected chi connectivity index (χ1v) is 26.8. The van der Waals surface area contributed by atoms with Gasteiger partial charge in [0.15, 0.2) is 18.7 Å². The van der Waals surface area contributed by atoms with Crippen LogP contribution in [0, 0.1) is 0 Å². The molecule has 0 spiro atoms. The fourth-order valence-electron chi connectivity index (χ4n) is 8.57. The molecular weight excluding hydrogens is 865 g/mol. The van der Waals surface area contributed by atoms with Crippen molar-refractivity contribution >= 4 is 11.9 Å². The van der Waals surface area contributed by atoms with Crippen LogP contribution in [0.4, 0.5) is 0 Å². The molecule has 67 heavy (non-hydrogen) atoms. The van der Waals surface area contributed by atoms with E-state index in [1.807, 2.05) is 0 Å². The van der Waals surface area contributed by atoms with E-state index < -0.39 is 92.7 Å². The maximum Gasteiger partial charge on any atom is 0.306 e. The summed E-state index contributed by atoms with van der Waals surface area (Å²) in [5.74, 6) is -0.923. The van der Waals surface area contributed by atoms with Gasteiger partial charge in [-0.15, -0.1) is 0 Å². The molecule has 2 rings (SSSR count). The number of aliphatic hydroxyl groups is 7. The fraction of sp³-hybridized carbons (Fsp3) is 0.923. The largest absolute Gasteiger partial charge is 0.462 e. The molecule has 0 aromatic carbocycles. The minimum atomic E-state index is -1.76. The van der Waals surface area contributed by atoms with Crippen molar-refractivity contribution in [2.24, 2.45) is 0 Å². The Morgan fingerprint density at radius 2 is 0.851 bits per heavy atom. The predicted molar refractivity (Wildman–Crippen MR) is 257 cm³/mol. The third kappa shape index (κ3) is 28.0. The van der Waals surface area contributed by atoms with E-state index >= 15 is 0 Å². The molecule has 15 nitrogen and oxygen atoms in total. The van der Waals surface area contributed by atoms with Crippen molar-refractivity contribution in [1.29, 1.82) is 0 Å². The minimum Gasteiger partial charge on any atom is -0.462 e. The zero-order chi connectivity index (χ0) is 48.9. The first kappa shape index (κ1) is 61.4. The van der Waals surface area contributed by atoms with Gasteiger partial charge >= 0.3 is 11.9 Å². The number of rotatable bonds is 42. The van der Waals surface area contributed by atoms with Crippen molar-refractivity contribution < 1.29 is 73.8 Å². The molecule has 0 saturated carbocycles. The lowest BCUT2D eigenvalue weighted by Crippen LogP contribution is -2.61. The first-order valence-electron chi connectivity index (χ1n) is 26.8. The second-order valence-corrected chi connectivity index (χ2v) is 19.1. The van der Waals surface area contributed by atoms with Crippen LogP contribution in [-0.2, 0) is 38.0 Å². The van der Waals surface area contributed by atoms with E-state index in [4.69, 9.17) is 28.4 Å². The number of unbranched alkanes of at least 4 members (excludes halogenated alkanes) is 26. The Balaban J connectivity index is 1.79. The lowest BCUT2D eigenvalue weighted by atomic mass is 9.98. The van der Waals surface area contributed by atoms with Crippen LogP contribution < -0.4 is 0 Å². The molecule has 11 atom stereocenters. The van der Waals surface area contributed by atoms with Crippen molar-refractivity contribution in [3.05, 3.63) is 12.2 Å². The summed E-state index contributed by atoms with van der Waals surface area (Å²) in [6.45, 7) is 2.60. The molecule has 2 aliphatic heterocycles. The Labute approximate surface area is 403 Å². The Morgan fingerprint density at radius 3 is 1.31 bits per heavy atom. The molecule has 2 aliphatic rings. The molecule has 2 fully saturated rings. The Morgan fingerprint density at radius 1 is 0.463 bits per heavy atom. The van der Waals surface area contributed by atoms with Gasteiger partial charge in [-0.3, -0.25) is 9.59 Å². The smallest absolute Gasteiger partial charge is 0.306 e. The molecule has 2 saturated heterocycles. The van der Waals surface area contributed by atoms with Crippen LogP contribution in [-0.4, -0.2) is 142 Å². The molecule has 2 heterocycles. The van der Waals surface area contributed by atoms with Crippen LogP contribution in [0.25, 0.3) is 0 Å². The second kappa shape index (κ2) is 39.9. The number of hydrogen-bond donors (Lipinski definition) is 7. The molecule has 15 heteroatoms. The molecule has 0 amide bonds. The summed E-state index contributed by atoms with van der Waals surface area (Å²) < 4.78 is 33.6. The molecule has 11 unspecified atom stereocenters. The highest BCUT2D eigenvalue weighted by molar-refractivity contribution is 5.70. The van der Waals surface area contributed by atoms with Crippen LogP contribution in [0.3, 0.4) is 0 Å². The van der Waals surface area contributed by atoms with Gasteiger partial charge < -0.3 is 64.2 Å². The zero-order valence-corrected chi connectivity index (χ0v) is 41.7. The highest BCUT2D eigenvalue weighted by atomic mass is 16.7. The van der Waals surface area contributed by atoms with Gasteiger partial charge in [0, 0.05) is 12.8 Å². The van der Waals surface area contributed by atoms with E-state index in [1.54, 1.807) is 0 Å². The van der Waals surface area contributed by atoms with Gasteiger partial charge in [0.2, 0.25) is 0 Å². The monoisotopic (exact) mass is 961 g/mol. The third-order valence-corrected chi connectivity index (χ3v) is 13.0. The highest BCUT2D eigenvalue weighted by Gasteiger charge is 2.47. The van der Waals surface area contributed by atoms with Gasteiger partial charge in [0.25, 0.3) is 0 Å². The third-order valence-electron chi connectivity index (χ3n) is 13.0. The summed E-state index contributed by atoms with van der Waals surface area (Å²) in [4.78, 5) is 25.8. The lowest BCUT2D eigenvalue weighted by molar-refractivity contribution is -0.332. The number of esters is 2. The van der Waals surface area contributed by atoms with Gasteiger partial charge in [0.05, 0.1) is 19.8 Å². The van der Waals surface area contributed by atoms with Crippen molar-refractivity contribution in [2.45, 2.75) is 280 Å². The van der Waals surface area contributed by atoms with Gasteiger partial charge in [-0.2, -0.15) is 0 Å². The summed E-state index contributed by atoms with van der Waals surface area (Å²) in [6.07, 6.45) is 22.3. The van der Waals surface area contributed by atoms with Crippen LogP contribution in [0.2, 0.25) is 0 Å². The Hall–Kier alpha value is -1.76. The Bertz CT molecular complexity index is 1220. The summed E-state index contributed by atoms with van der Waals surface area (Å²) in [5.41, 5.74) is 0. The number of hydrogen-bond acceptors (Lipinski definition) is 15. The molecule has 0 aromatic heterocycles. The van der Waals surface area contributed by atoms with Gasteiger partial charge in [-0.25, -0.2) is 0 Å². The highest BCUT2D eigenvalue weighted by Crippen LogP contribution is 2.27. The maximum absolute atomic E-state index is 13.0. The van der Waals surface area contributed by atoms with Crippen LogP contribution in [0.5, 0.6) is 0 Å². The van der Waals surface area contributed by atoms with Crippen molar-refractivity contribution in [1.82, 2.24) is 0 Å². The SMILES string of the molecule is CCCCCCCC/C=C\CCCCCCCC(=O)OC(COC(=O)CCCCCCCCCCCCCCCCCC)COC1OC(COC2OC(CO)C(O)C(O)C2O)C(O)C(O)C1O. The van der Waals surface area contributed by atoms with Gasteiger partial charge in [-0.1, -0.05) is 174 Å². The van der Waals surface area contributed by atoms with E-state index in [-0.39, 0.29) is 26.1 Å². The number of ether oxygens (including phenoxy) is 6. The average Bonchev–Trinajstić information content (AvgIpc) is 3.32. The molecule has 394 valence electrons. The summed E-state index contributed by atoms with van der Waals surface area (Å²) >= 11 is 0. The minimum absolute atomic E-state index is 0.159. The number of allylic oxidation sites excluding steroid dienone is 2. The van der Waals surface area contributed by atoms with Crippen molar-refractivity contribution in [3.63, 3.8) is 0 Å². The molecular formula is C52H96O15. The van der Waals surface area contributed by atoms with Crippen molar-refractivity contribution in [3.8, 4) is 0 Å². The molecule has 0 aromatic rings. The summed E-state index contributed by atoms with van der Waals surface area (Å²) in [5, 5.41) is 72.1. The predicted octanol–water partition coefficient (Wildman–Crippen LogP) is 7.77. The maximum atomic E-state index is 13.0. The fourth-order valence-corrected chi connectivity index (χ4v) is 8.57. The van der Waals surface area contributed by atoms with Crippen LogP contribution in [0.1, 0.15) is 213 Å². The second-order valence-electron chi connectivity index (χ2n) is 19.1. The van der Waals surface area contributed by atoms with E-state index in [2.05, 4.69) is 26.0 Å². The molecule has 0 radical (unpaired) electrons. The number of carbonyl (C=O) groups excluding carboxylic acids is 2. The van der Waals surface area contributed by atoms with E-state index in [0.717, 1.165) is 57.8 Å². The van der Waals surface area contributed by atoms with Crippen LogP contribution in [0.15, 0.2) is 12.2 Å².